The van der Waals surface area contributed by atoms with Gasteiger partial charge in [0.1, 0.15) is 6.33 Å². The van der Waals surface area contributed by atoms with Crippen LogP contribution >= 0.6 is 11.8 Å². The molecule has 0 bridgehead atoms. The Balaban J connectivity index is 1.60. The summed E-state index contributed by atoms with van der Waals surface area (Å²) < 4.78 is 1.97. The largest absolute Gasteiger partial charge is 0.367 e. The van der Waals surface area contributed by atoms with Crippen LogP contribution in [0.1, 0.15) is 26.8 Å². The van der Waals surface area contributed by atoms with Gasteiger partial charge in [-0.3, -0.25) is 4.79 Å². The van der Waals surface area contributed by atoms with Gasteiger partial charge in [0.05, 0.1) is 17.1 Å². The molecule has 0 aliphatic carbocycles. The average molecular weight is 389 g/mol. The van der Waals surface area contributed by atoms with Crippen molar-refractivity contribution >= 4 is 29.0 Å². The number of carbonyl (C=O) groups is 1. The number of piperazine rings is 1. The average Bonchev–Trinajstić information content (AvgIpc) is 3.16. The van der Waals surface area contributed by atoms with Crippen LogP contribution in [-0.4, -0.2) is 64.0 Å². The fraction of sp³-hybridized carbons (Fsp3) is 0.526. The first-order valence-corrected chi connectivity index (χ1v) is 10.5. The molecule has 0 atom stereocenters. The van der Waals surface area contributed by atoms with Gasteiger partial charge in [0, 0.05) is 32.2 Å². The normalized spacial score (nSPS) is 15.3. The van der Waals surface area contributed by atoms with Gasteiger partial charge >= 0.3 is 0 Å². The zero-order valence-corrected chi connectivity index (χ0v) is 17.1. The van der Waals surface area contributed by atoms with E-state index in [0.29, 0.717) is 5.75 Å². The van der Waals surface area contributed by atoms with Crippen molar-refractivity contribution in [1.82, 2.24) is 19.7 Å². The number of hydrogen-bond donors (Lipinski definition) is 1. The van der Waals surface area contributed by atoms with Gasteiger partial charge in [0.25, 0.3) is 0 Å². The number of anilines is 2. The number of hydrogen-bond acceptors (Lipinski definition) is 6. The lowest BCUT2D eigenvalue weighted by Crippen LogP contribution is -2.46. The first-order valence-electron chi connectivity index (χ1n) is 9.47. The minimum Gasteiger partial charge on any atom is -0.367 e. The van der Waals surface area contributed by atoms with Crippen LogP contribution in [0.15, 0.2) is 35.7 Å². The minimum atomic E-state index is -0.0297. The maximum absolute atomic E-state index is 12.5. The molecule has 1 aromatic heterocycles. The van der Waals surface area contributed by atoms with Gasteiger partial charge < -0.3 is 19.7 Å². The molecule has 2 heterocycles. The van der Waals surface area contributed by atoms with Crippen molar-refractivity contribution in [3.63, 3.8) is 0 Å². The highest BCUT2D eigenvalue weighted by Gasteiger charge is 2.19. The summed E-state index contributed by atoms with van der Waals surface area (Å²) >= 11 is 1.41. The molecule has 0 unspecified atom stereocenters. The number of nitrogens with zero attached hydrogens (tertiary/aromatic N) is 5. The molecule has 1 fully saturated rings. The quantitative estimate of drug-likeness (QED) is 0.736. The lowest BCUT2D eigenvalue weighted by molar-refractivity contribution is -0.113. The molecule has 1 aliphatic heterocycles. The number of amides is 1. The van der Waals surface area contributed by atoms with E-state index in [-0.39, 0.29) is 11.9 Å². The summed E-state index contributed by atoms with van der Waals surface area (Å²) in [5, 5.41) is 11.9. The van der Waals surface area contributed by atoms with E-state index in [0.717, 1.165) is 49.3 Å². The first kappa shape index (κ1) is 19.7. The van der Waals surface area contributed by atoms with E-state index in [2.05, 4.69) is 52.2 Å². The van der Waals surface area contributed by atoms with Gasteiger partial charge in [-0.05, 0) is 32.5 Å². The topological polar surface area (TPSA) is 66.3 Å². The van der Waals surface area contributed by atoms with E-state index in [9.17, 15) is 4.79 Å². The molecule has 1 saturated heterocycles. The molecule has 146 valence electrons. The number of para-hydroxylation sites is 2. The zero-order valence-electron chi connectivity index (χ0n) is 16.3. The maximum Gasteiger partial charge on any atom is 0.234 e. The summed E-state index contributed by atoms with van der Waals surface area (Å²) in [6, 6.07) is 8.31. The standard InChI is InChI=1S/C19H28N6OS/c1-4-23-9-11-24(12-10-23)17-8-6-5-7-16(17)21-18(26)13-27-19-22-20-14-25(19)15(2)3/h5-8,14-15H,4,9-13H2,1-3H3,(H,21,26). The Morgan fingerprint density at radius 2 is 1.96 bits per heavy atom. The maximum atomic E-state index is 12.5. The number of likely N-dealkylation sites (N-methyl/N-ethyl adjacent to an activating group) is 1. The van der Waals surface area contributed by atoms with Crippen molar-refractivity contribution in [3.05, 3.63) is 30.6 Å². The molecule has 0 radical (unpaired) electrons. The van der Waals surface area contributed by atoms with Crippen molar-refractivity contribution in [3.8, 4) is 0 Å². The highest BCUT2D eigenvalue weighted by Crippen LogP contribution is 2.27. The summed E-state index contributed by atoms with van der Waals surface area (Å²) in [5.74, 6) is 0.279. The third-order valence-electron chi connectivity index (χ3n) is 4.77. The van der Waals surface area contributed by atoms with Crippen LogP contribution in [-0.2, 0) is 4.79 Å². The Hall–Kier alpha value is -2.06. The van der Waals surface area contributed by atoms with E-state index in [1.54, 1.807) is 6.33 Å². The molecule has 1 amide bonds. The van der Waals surface area contributed by atoms with Gasteiger partial charge in [-0.1, -0.05) is 30.8 Å². The van der Waals surface area contributed by atoms with E-state index >= 15 is 0 Å². The van der Waals surface area contributed by atoms with Crippen LogP contribution in [0.5, 0.6) is 0 Å². The molecule has 27 heavy (non-hydrogen) atoms. The predicted molar refractivity (Wildman–Crippen MR) is 111 cm³/mol. The molecule has 1 aliphatic rings. The van der Waals surface area contributed by atoms with Crippen LogP contribution in [0.3, 0.4) is 0 Å². The smallest absolute Gasteiger partial charge is 0.234 e. The van der Waals surface area contributed by atoms with Crippen LogP contribution in [0.4, 0.5) is 11.4 Å². The molecule has 0 spiro atoms. The number of carbonyl (C=O) groups excluding carboxylic acids is 1. The van der Waals surface area contributed by atoms with E-state index in [4.69, 9.17) is 0 Å². The lowest BCUT2D eigenvalue weighted by atomic mass is 10.2. The second-order valence-electron chi connectivity index (χ2n) is 6.89. The fourth-order valence-corrected chi connectivity index (χ4v) is 4.01. The molecule has 2 aromatic rings. The molecular formula is C19H28N6OS. The number of rotatable bonds is 7. The summed E-state index contributed by atoms with van der Waals surface area (Å²) in [4.78, 5) is 17.3. The second-order valence-corrected chi connectivity index (χ2v) is 7.83. The number of benzene rings is 1. The van der Waals surface area contributed by atoms with Crippen LogP contribution in [0.25, 0.3) is 0 Å². The van der Waals surface area contributed by atoms with Crippen molar-refractivity contribution in [2.75, 3.05) is 48.7 Å². The van der Waals surface area contributed by atoms with Crippen LogP contribution in [0.2, 0.25) is 0 Å². The Morgan fingerprint density at radius 3 is 2.67 bits per heavy atom. The molecule has 3 rings (SSSR count). The fourth-order valence-electron chi connectivity index (χ4n) is 3.17. The van der Waals surface area contributed by atoms with E-state index in [1.807, 2.05) is 22.8 Å². The third kappa shape index (κ3) is 5.01. The highest BCUT2D eigenvalue weighted by molar-refractivity contribution is 7.99. The molecule has 1 N–H and O–H groups in total. The lowest BCUT2D eigenvalue weighted by Gasteiger charge is -2.36. The number of aromatic nitrogens is 3. The summed E-state index contributed by atoms with van der Waals surface area (Å²) in [7, 11) is 0. The third-order valence-corrected chi connectivity index (χ3v) is 5.72. The van der Waals surface area contributed by atoms with Gasteiger partial charge in [-0.15, -0.1) is 10.2 Å². The summed E-state index contributed by atoms with van der Waals surface area (Å²) in [6.07, 6.45) is 1.70. The Labute approximate surface area is 165 Å². The molecule has 7 nitrogen and oxygen atoms in total. The number of nitrogens with one attached hydrogen (secondary N) is 1. The van der Waals surface area contributed by atoms with Gasteiger partial charge in [-0.25, -0.2) is 0 Å². The van der Waals surface area contributed by atoms with E-state index < -0.39 is 0 Å². The molecular weight excluding hydrogens is 360 g/mol. The predicted octanol–water partition coefficient (Wildman–Crippen LogP) is 2.73. The molecule has 8 heteroatoms. The van der Waals surface area contributed by atoms with Crippen LogP contribution < -0.4 is 10.2 Å². The zero-order chi connectivity index (χ0) is 19.2. The molecule has 0 saturated carbocycles. The van der Waals surface area contributed by atoms with Gasteiger partial charge in [-0.2, -0.15) is 0 Å². The number of thioether (sulfide) groups is 1. The Morgan fingerprint density at radius 1 is 1.22 bits per heavy atom. The molecule has 1 aromatic carbocycles. The van der Waals surface area contributed by atoms with Gasteiger partial charge in [0.15, 0.2) is 5.16 Å². The Kier molecular flexibility index (Phi) is 6.73. The van der Waals surface area contributed by atoms with Crippen molar-refractivity contribution in [1.29, 1.82) is 0 Å². The SMILES string of the molecule is CCN1CCN(c2ccccc2NC(=O)CSc2nncn2C(C)C)CC1. The summed E-state index contributed by atoms with van der Waals surface area (Å²) in [5.41, 5.74) is 1.97. The highest BCUT2D eigenvalue weighted by atomic mass is 32.2. The van der Waals surface area contributed by atoms with Crippen LogP contribution in [0, 0.1) is 0 Å². The minimum absolute atomic E-state index is 0.0297. The van der Waals surface area contributed by atoms with Gasteiger partial charge in [0.2, 0.25) is 5.91 Å². The monoisotopic (exact) mass is 388 g/mol. The summed E-state index contributed by atoms with van der Waals surface area (Å²) in [6.45, 7) is 11.5. The van der Waals surface area contributed by atoms with E-state index in [1.165, 1.54) is 11.8 Å². The van der Waals surface area contributed by atoms with Crippen molar-refractivity contribution in [2.45, 2.75) is 32.0 Å². The second kappa shape index (κ2) is 9.23. The Bertz CT molecular complexity index is 754. The van der Waals surface area contributed by atoms with Crippen molar-refractivity contribution in [2.24, 2.45) is 0 Å². The first-order chi connectivity index (χ1) is 13.1. The van der Waals surface area contributed by atoms with Crippen molar-refractivity contribution < 1.29 is 4.79 Å².